The Morgan fingerprint density at radius 2 is 1.57 bits per heavy atom. The molecule has 0 spiro atoms. The van der Waals surface area contributed by atoms with Crippen LogP contribution in [0.15, 0.2) is 54.6 Å². The SMILES string of the molecule is COc1cc(CNC(=O)c2cc3ccccc3cc2OC)ccc1OC(C)C. The molecule has 0 saturated heterocycles. The molecule has 0 atom stereocenters. The van der Waals surface area contributed by atoms with Crippen molar-refractivity contribution in [3.63, 3.8) is 0 Å². The summed E-state index contributed by atoms with van der Waals surface area (Å²) in [6, 6.07) is 17.3. The average Bonchev–Trinajstić information content (AvgIpc) is 2.71. The number of hydrogen-bond donors (Lipinski definition) is 1. The third-order valence-corrected chi connectivity index (χ3v) is 4.36. The molecule has 0 aliphatic heterocycles. The highest BCUT2D eigenvalue weighted by molar-refractivity contribution is 6.01. The highest BCUT2D eigenvalue weighted by Gasteiger charge is 2.14. The van der Waals surface area contributed by atoms with Gasteiger partial charge in [0.2, 0.25) is 0 Å². The van der Waals surface area contributed by atoms with E-state index in [2.05, 4.69) is 5.32 Å². The van der Waals surface area contributed by atoms with Crippen molar-refractivity contribution in [1.82, 2.24) is 5.32 Å². The molecule has 146 valence electrons. The summed E-state index contributed by atoms with van der Waals surface area (Å²) in [4.78, 5) is 12.8. The van der Waals surface area contributed by atoms with Crippen LogP contribution in [0.25, 0.3) is 10.8 Å². The topological polar surface area (TPSA) is 56.8 Å². The van der Waals surface area contributed by atoms with Crippen molar-refractivity contribution in [1.29, 1.82) is 0 Å². The van der Waals surface area contributed by atoms with Gasteiger partial charge in [0, 0.05) is 6.54 Å². The van der Waals surface area contributed by atoms with Gasteiger partial charge < -0.3 is 19.5 Å². The van der Waals surface area contributed by atoms with Gasteiger partial charge in [-0.05, 0) is 54.4 Å². The molecule has 3 aromatic carbocycles. The molecule has 5 heteroatoms. The maximum atomic E-state index is 12.8. The molecular weight excluding hydrogens is 354 g/mol. The van der Waals surface area contributed by atoms with Crippen molar-refractivity contribution in [2.24, 2.45) is 0 Å². The van der Waals surface area contributed by atoms with E-state index in [1.165, 1.54) is 0 Å². The van der Waals surface area contributed by atoms with Crippen LogP contribution in [0, 0.1) is 0 Å². The number of rotatable bonds is 7. The molecule has 1 N–H and O–H groups in total. The van der Waals surface area contributed by atoms with E-state index in [1.807, 2.05) is 68.4 Å². The first kappa shape index (κ1) is 19.5. The Labute approximate surface area is 165 Å². The first-order valence-corrected chi connectivity index (χ1v) is 9.20. The van der Waals surface area contributed by atoms with E-state index in [1.54, 1.807) is 14.2 Å². The van der Waals surface area contributed by atoms with Gasteiger partial charge in [-0.15, -0.1) is 0 Å². The minimum absolute atomic E-state index is 0.0554. The summed E-state index contributed by atoms with van der Waals surface area (Å²) in [5, 5.41) is 4.97. The van der Waals surface area contributed by atoms with Gasteiger partial charge in [-0.3, -0.25) is 4.79 Å². The fourth-order valence-electron chi connectivity index (χ4n) is 3.02. The Morgan fingerprint density at radius 3 is 2.21 bits per heavy atom. The fraction of sp³-hybridized carbons (Fsp3) is 0.261. The third-order valence-electron chi connectivity index (χ3n) is 4.36. The maximum Gasteiger partial charge on any atom is 0.255 e. The average molecular weight is 379 g/mol. The summed E-state index contributed by atoms with van der Waals surface area (Å²) in [6.07, 6.45) is 0.0554. The summed E-state index contributed by atoms with van der Waals surface area (Å²) >= 11 is 0. The van der Waals surface area contributed by atoms with Crippen LogP contribution in [0.4, 0.5) is 0 Å². The van der Waals surface area contributed by atoms with Gasteiger partial charge in [0.25, 0.3) is 5.91 Å². The molecule has 0 bridgehead atoms. The molecule has 5 nitrogen and oxygen atoms in total. The van der Waals surface area contributed by atoms with E-state index in [-0.39, 0.29) is 12.0 Å². The second-order valence-electron chi connectivity index (χ2n) is 6.73. The van der Waals surface area contributed by atoms with Crippen LogP contribution in [-0.2, 0) is 6.54 Å². The second kappa shape index (κ2) is 8.65. The Morgan fingerprint density at radius 1 is 0.893 bits per heavy atom. The zero-order valence-electron chi connectivity index (χ0n) is 16.6. The number of ether oxygens (including phenoxy) is 3. The molecule has 0 fully saturated rings. The van der Waals surface area contributed by atoms with Gasteiger partial charge in [-0.1, -0.05) is 30.3 Å². The monoisotopic (exact) mass is 379 g/mol. The Kier molecular flexibility index (Phi) is 6.04. The zero-order chi connectivity index (χ0) is 20.1. The highest BCUT2D eigenvalue weighted by Crippen LogP contribution is 2.29. The molecule has 0 unspecified atom stereocenters. The molecule has 0 radical (unpaired) electrons. The zero-order valence-corrected chi connectivity index (χ0v) is 16.6. The predicted molar refractivity (Wildman–Crippen MR) is 110 cm³/mol. The summed E-state index contributed by atoms with van der Waals surface area (Å²) < 4.78 is 16.6. The normalized spacial score (nSPS) is 10.8. The Hall–Kier alpha value is -3.21. The van der Waals surface area contributed by atoms with Crippen LogP contribution in [0.2, 0.25) is 0 Å². The number of amides is 1. The summed E-state index contributed by atoms with van der Waals surface area (Å²) in [7, 11) is 3.17. The van der Waals surface area contributed by atoms with Crippen molar-refractivity contribution < 1.29 is 19.0 Å². The van der Waals surface area contributed by atoms with E-state index < -0.39 is 0 Å². The number of fused-ring (bicyclic) bond motifs is 1. The van der Waals surface area contributed by atoms with E-state index in [0.717, 1.165) is 16.3 Å². The molecule has 0 saturated carbocycles. The molecular formula is C23H25NO4. The first-order valence-electron chi connectivity index (χ1n) is 9.20. The number of hydrogen-bond acceptors (Lipinski definition) is 4. The lowest BCUT2D eigenvalue weighted by Crippen LogP contribution is -2.23. The third kappa shape index (κ3) is 4.36. The Balaban J connectivity index is 1.78. The summed E-state index contributed by atoms with van der Waals surface area (Å²) in [5.74, 6) is 1.69. The second-order valence-corrected chi connectivity index (χ2v) is 6.73. The molecule has 0 aliphatic rings. The standard InChI is InChI=1S/C23H25NO4/c1-15(2)28-20-10-9-16(11-22(20)27-4)14-24-23(25)19-12-17-7-5-6-8-18(17)13-21(19)26-3/h5-13,15H,14H2,1-4H3,(H,24,25). The predicted octanol–water partition coefficient (Wildman–Crippen LogP) is 4.57. The minimum atomic E-state index is -0.191. The fourth-order valence-corrected chi connectivity index (χ4v) is 3.02. The van der Waals surface area contributed by atoms with Gasteiger partial charge in [-0.25, -0.2) is 0 Å². The minimum Gasteiger partial charge on any atom is -0.496 e. The first-order chi connectivity index (χ1) is 13.5. The van der Waals surface area contributed by atoms with Crippen molar-refractivity contribution in [2.45, 2.75) is 26.5 Å². The number of methoxy groups -OCH3 is 2. The van der Waals surface area contributed by atoms with Crippen LogP contribution >= 0.6 is 0 Å². The smallest absolute Gasteiger partial charge is 0.255 e. The number of carbonyl (C=O) groups is 1. The molecule has 28 heavy (non-hydrogen) atoms. The van der Waals surface area contributed by atoms with Crippen molar-refractivity contribution >= 4 is 16.7 Å². The van der Waals surface area contributed by atoms with E-state index >= 15 is 0 Å². The largest absolute Gasteiger partial charge is 0.496 e. The highest BCUT2D eigenvalue weighted by atomic mass is 16.5. The summed E-state index contributed by atoms with van der Waals surface area (Å²) in [5.41, 5.74) is 1.42. The number of nitrogens with one attached hydrogen (secondary N) is 1. The molecule has 1 amide bonds. The van der Waals surface area contributed by atoms with Crippen LogP contribution < -0.4 is 19.5 Å². The molecule has 0 aliphatic carbocycles. The van der Waals surface area contributed by atoms with Gasteiger partial charge in [-0.2, -0.15) is 0 Å². The van der Waals surface area contributed by atoms with Gasteiger partial charge in [0.1, 0.15) is 5.75 Å². The van der Waals surface area contributed by atoms with Crippen molar-refractivity contribution in [3.8, 4) is 17.2 Å². The molecule has 3 aromatic rings. The van der Waals surface area contributed by atoms with Crippen molar-refractivity contribution in [3.05, 3.63) is 65.7 Å². The lowest BCUT2D eigenvalue weighted by molar-refractivity contribution is 0.0948. The Bertz CT molecular complexity index is 981. The quantitative estimate of drug-likeness (QED) is 0.653. The van der Waals surface area contributed by atoms with Gasteiger partial charge in [0.05, 0.1) is 25.9 Å². The molecule has 0 aromatic heterocycles. The van der Waals surface area contributed by atoms with Crippen LogP contribution in [0.1, 0.15) is 29.8 Å². The number of benzene rings is 3. The van der Waals surface area contributed by atoms with Crippen molar-refractivity contribution in [2.75, 3.05) is 14.2 Å². The van der Waals surface area contributed by atoms with E-state index in [9.17, 15) is 4.79 Å². The summed E-state index contributed by atoms with van der Waals surface area (Å²) in [6.45, 7) is 4.29. The van der Waals surface area contributed by atoms with Gasteiger partial charge >= 0.3 is 0 Å². The lowest BCUT2D eigenvalue weighted by Gasteiger charge is -2.15. The molecule has 0 heterocycles. The van der Waals surface area contributed by atoms with Crippen LogP contribution in [0.5, 0.6) is 17.2 Å². The maximum absolute atomic E-state index is 12.8. The van der Waals surface area contributed by atoms with E-state index in [4.69, 9.17) is 14.2 Å². The lowest BCUT2D eigenvalue weighted by atomic mass is 10.1. The van der Waals surface area contributed by atoms with E-state index in [0.29, 0.717) is 29.4 Å². The van der Waals surface area contributed by atoms with Crippen LogP contribution in [-0.4, -0.2) is 26.2 Å². The molecule has 3 rings (SSSR count). The van der Waals surface area contributed by atoms with Crippen LogP contribution in [0.3, 0.4) is 0 Å². The number of carbonyl (C=O) groups excluding carboxylic acids is 1. The van der Waals surface area contributed by atoms with Gasteiger partial charge in [0.15, 0.2) is 11.5 Å².